The lowest BCUT2D eigenvalue weighted by Crippen LogP contribution is -2.14. The van der Waals surface area contributed by atoms with Gasteiger partial charge < -0.3 is 5.32 Å². The van der Waals surface area contributed by atoms with Crippen LogP contribution in [0.15, 0.2) is 47.4 Å². The Morgan fingerprint density at radius 3 is 2.19 bits per heavy atom. The van der Waals surface area contributed by atoms with Gasteiger partial charge in [-0.1, -0.05) is 32.3 Å². The van der Waals surface area contributed by atoms with Gasteiger partial charge in [-0.2, -0.15) is 0 Å². The van der Waals surface area contributed by atoms with Crippen molar-refractivity contribution in [1.29, 1.82) is 0 Å². The molecule has 0 unspecified atom stereocenters. The van der Waals surface area contributed by atoms with Gasteiger partial charge in [-0.05, 0) is 67.8 Å². The lowest BCUT2D eigenvalue weighted by molar-refractivity contribution is -0.116. The molecule has 0 atom stereocenters. The fraction of sp³-hybridized carbons (Fsp3) is 0.381. The third-order valence-electron chi connectivity index (χ3n) is 4.46. The zero-order chi connectivity index (χ0) is 19.9. The average molecular weight is 389 g/mol. The van der Waals surface area contributed by atoms with E-state index in [9.17, 15) is 13.2 Å². The molecule has 2 rings (SSSR count). The summed E-state index contributed by atoms with van der Waals surface area (Å²) < 4.78 is 27.7. The smallest absolute Gasteiger partial charge is 0.261 e. The molecule has 27 heavy (non-hydrogen) atoms. The van der Waals surface area contributed by atoms with E-state index in [-0.39, 0.29) is 10.8 Å². The Morgan fingerprint density at radius 2 is 1.56 bits per heavy atom. The summed E-state index contributed by atoms with van der Waals surface area (Å²) in [5, 5.41) is 2.81. The third-order valence-corrected chi connectivity index (χ3v) is 5.86. The minimum Gasteiger partial charge on any atom is -0.326 e. The normalized spacial score (nSPS) is 11.2. The second kappa shape index (κ2) is 9.55. The first-order chi connectivity index (χ1) is 12.8. The Hall–Kier alpha value is -2.34. The van der Waals surface area contributed by atoms with E-state index in [0.29, 0.717) is 17.8 Å². The molecule has 2 aromatic carbocycles. The van der Waals surface area contributed by atoms with Gasteiger partial charge in [-0.15, -0.1) is 0 Å². The molecule has 0 saturated heterocycles. The molecule has 0 radical (unpaired) electrons. The van der Waals surface area contributed by atoms with Crippen molar-refractivity contribution in [2.45, 2.75) is 57.8 Å². The molecular weight excluding hydrogens is 360 g/mol. The van der Waals surface area contributed by atoms with Crippen LogP contribution < -0.4 is 10.0 Å². The molecule has 0 aromatic heterocycles. The topological polar surface area (TPSA) is 75.3 Å². The van der Waals surface area contributed by atoms with Crippen molar-refractivity contribution >= 4 is 27.3 Å². The first-order valence-corrected chi connectivity index (χ1v) is 10.8. The summed E-state index contributed by atoms with van der Waals surface area (Å²) in [5.74, 6) is -0.0463. The van der Waals surface area contributed by atoms with Crippen molar-refractivity contribution < 1.29 is 13.2 Å². The van der Waals surface area contributed by atoms with Crippen molar-refractivity contribution in [2.24, 2.45) is 0 Å². The van der Waals surface area contributed by atoms with Crippen LogP contribution in [0.1, 0.15) is 50.2 Å². The quantitative estimate of drug-likeness (QED) is 0.593. The molecule has 0 aliphatic heterocycles. The molecule has 0 spiro atoms. The first kappa shape index (κ1) is 21.0. The summed E-state index contributed by atoms with van der Waals surface area (Å²) in [6.45, 7) is 6.04. The second-order valence-corrected chi connectivity index (χ2v) is 8.47. The Bertz CT molecular complexity index is 875. The van der Waals surface area contributed by atoms with Crippen molar-refractivity contribution in [3.63, 3.8) is 0 Å². The highest BCUT2D eigenvalue weighted by Gasteiger charge is 2.14. The Morgan fingerprint density at radius 1 is 0.889 bits per heavy atom. The zero-order valence-corrected chi connectivity index (χ0v) is 17.0. The Labute approximate surface area is 162 Å². The van der Waals surface area contributed by atoms with Gasteiger partial charge >= 0.3 is 0 Å². The van der Waals surface area contributed by atoms with E-state index in [1.165, 1.54) is 12.1 Å². The number of hydrogen-bond donors (Lipinski definition) is 2. The monoisotopic (exact) mass is 388 g/mol. The molecule has 5 nitrogen and oxygen atoms in total. The maximum absolute atomic E-state index is 12.5. The lowest BCUT2D eigenvalue weighted by Gasteiger charge is -2.11. The average Bonchev–Trinajstić information content (AvgIpc) is 2.62. The van der Waals surface area contributed by atoms with E-state index in [2.05, 4.69) is 17.0 Å². The SMILES string of the molecule is CCCCCCC(=O)Nc1ccc(S(=O)(=O)Nc2ccc(C)c(C)c2)cc1. The predicted octanol–water partition coefficient (Wildman–Crippen LogP) is 5.01. The van der Waals surface area contributed by atoms with Crippen molar-refractivity contribution in [1.82, 2.24) is 0 Å². The zero-order valence-electron chi connectivity index (χ0n) is 16.2. The Balaban J connectivity index is 1.98. The number of sulfonamides is 1. The van der Waals surface area contributed by atoms with Crippen LogP contribution in [0, 0.1) is 13.8 Å². The van der Waals surface area contributed by atoms with E-state index in [1.807, 2.05) is 19.9 Å². The number of anilines is 2. The number of carbonyl (C=O) groups excluding carboxylic acids is 1. The molecular formula is C21H28N2O3S. The second-order valence-electron chi connectivity index (χ2n) is 6.79. The standard InChI is InChI=1S/C21H28N2O3S/c1-4-5-6-7-8-21(24)22-18-11-13-20(14-12-18)27(25,26)23-19-10-9-16(2)17(3)15-19/h9-15,23H,4-8H2,1-3H3,(H,22,24). The van der Waals surface area contributed by atoms with Gasteiger partial charge in [0.2, 0.25) is 5.91 Å². The van der Waals surface area contributed by atoms with Gasteiger partial charge in [0.15, 0.2) is 0 Å². The number of nitrogens with one attached hydrogen (secondary N) is 2. The highest BCUT2D eigenvalue weighted by Crippen LogP contribution is 2.20. The number of amides is 1. The number of unbranched alkanes of at least 4 members (excludes halogenated alkanes) is 3. The molecule has 0 aliphatic rings. The van der Waals surface area contributed by atoms with Crippen LogP contribution in [0.5, 0.6) is 0 Å². The maximum Gasteiger partial charge on any atom is 0.261 e. The van der Waals surface area contributed by atoms with E-state index >= 15 is 0 Å². The summed E-state index contributed by atoms with van der Waals surface area (Å²) in [7, 11) is -3.67. The van der Waals surface area contributed by atoms with Crippen molar-refractivity contribution in [3.05, 3.63) is 53.6 Å². The molecule has 2 N–H and O–H groups in total. The largest absolute Gasteiger partial charge is 0.326 e. The molecule has 6 heteroatoms. The number of benzene rings is 2. The van der Waals surface area contributed by atoms with Gasteiger partial charge in [-0.25, -0.2) is 8.42 Å². The summed E-state index contributed by atoms with van der Waals surface area (Å²) >= 11 is 0. The van der Waals surface area contributed by atoms with E-state index in [0.717, 1.165) is 36.8 Å². The van der Waals surface area contributed by atoms with Crippen LogP contribution >= 0.6 is 0 Å². The van der Waals surface area contributed by atoms with Crippen molar-refractivity contribution in [3.8, 4) is 0 Å². The predicted molar refractivity (Wildman–Crippen MR) is 111 cm³/mol. The Kier molecular flexibility index (Phi) is 7.42. The highest BCUT2D eigenvalue weighted by atomic mass is 32.2. The van der Waals surface area contributed by atoms with Crippen LogP contribution in [0.2, 0.25) is 0 Å². The van der Waals surface area contributed by atoms with Crippen LogP contribution in [0.25, 0.3) is 0 Å². The van der Waals surface area contributed by atoms with Gasteiger partial charge in [0.1, 0.15) is 0 Å². The lowest BCUT2D eigenvalue weighted by atomic mass is 10.1. The summed E-state index contributed by atoms with van der Waals surface area (Å²) in [6.07, 6.45) is 4.66. The van der Waals surface area contributed by atoms with Crippen LogP contribution in [0.3, 0.4) is 0 Å². The minimum atomic E-state index is -3.67. The van der Waals surface area contributed by atoms with Crippen LogP contribution in [-0.4, -0.2) is 14.3 Å². The molecule has 2 aromatic rings. The fourth-order valence-electron chi connectivity index (χ4n) is 2.67. The number of carbonyl (C=O) groups is 1. The van der Waals surface area contributed by atoms with Crippen LogP contribution in [0.4, 0.5) is 11.4 Å². The minimum absolute atomic E-state index is 0.0463. The van der Waals surface area contributed by atoms with Crippen LogP contribution in [-0.2, 0) is 14.8 Å². The fourth-order valence-corrected chi connectivity index (χ4v) is 3.72. The summed E-state index contributed by atoms with van der Waals surface area (Å²) in [4.78, 5) is 12.1. The third kappa shape index (κ3) is 6.40. The van der Waals surface area contributed by atoms with Gasteiger partial charge in [0.05, 0.1) is 4.90 Å². The van der Waals surface area contributed by atoms with Gasteiger partial charge in [0, 0.05) is 17.8 Å². The van der Waals surface area contributed by atoms with Gasteiger partial charge in [-0.3, -0.25) is 9.52 Å². The highest BCUT2D eigenvalue weighted by molar-refractivity contribution is 7.92. The molecule has 0 heterocycles. The van der Waals surface area contributed by atoms with E-state index in [4.69, 9.17) is 0 Å². The number of rotatable bonds is 9. The number of hydrogen-bond acceptors (Lipinski definition) is 3. The molecule has 0 aliphatic carbocycles. The summed E-state index contributed by atoms with van der Waals surface area (Å²) in [5.41, 5.74) is 3.25. The van der Waals surface area contributed by atoms with Gasteiger partial charge in [0.25, 0.3) is 10.0 Å². The first-order valence-electron chi connectivity index (χ1n) is 9.32. The van der Waals surface area contributed by atoms with E-state index < -0.39 is 10.0 Å². The maximum atomic E-state index is 12.5. The summed E-state index contributed by atoms with van der Waals surface area (Å²) in [6, 6.07) is 11.6. The van der Waals surface area contributed by atoms with Crippen molar-refractivity contribution in [2.75, 3.05) is 10.0 Å². The molecule has 0 saturated carbocycles. The molecule has 146 valence electrons. The van der Waals surface area contributed by atoms with E-state index in [1.54, 1.807) is 24.3 Å². The molecule has 0 bridgehead atoms. The molecule has 1 amide bonds. The molecule has 0 fully saturated rings. The number of aryl methyl sites for hydroxylation is 2.